The van der Waals surface area contributed by atoms with Crippen LogP contribution in [0.5, 0.6) is 0 Å². The number of nitrogens with one attached hydrogen (secondary N) is 2. The minimum Gasteiger partial charge on any atom is -0.465 e. The van der Waals surface area contributed by atoms with Crippen LogP contribution in [0.2, 0.25) is 0 Å². The Bertz CT molecular complexity index is 834. The van der Waals surface area contributed by atoms with E-state index in [-0.39, 0.29) is 11.5 Å². The van der Waals surface area contributed by atoms with Crippen molar-refractivity contribution < 1.29 is 23.5 Å². The van der Waals surface area contributed by atoms with Crippen molar-refractivity contribution in [2.45, 2.75) is 19.9 Å². The van der Waals surface area contributed by atoms with Gasteiger partial charge in [-0.05, 0) is 42.3 Å². The van der Waals surface area contributed by atoms with E-state index in [1.54, 1.807) is 32.0 Å². The zero-order chi connectivity index (χ0) is 20.0. The van der Waals surface area contributed by atoms with Crippen molar-refractivity contribution in [1.29, 1.82) is 0 Å². The van der Waals surface area contributed by atoms with E-state index >= 15 is 0 Å². The topological polar surface area (TPSA) is 84.5 Å². The lowest BCUT2D eigenvalue weighted by Gasteiger charge is -2.22. The first kappa shape index (κ1) is 20.1. The molecular weight excluding hydrogens is 351 g/mol. The third kappa shape index (κ3) is 5.13. The van der Waals surface area contributed by atoms with Crippen molar-refractivity contribution in [2.24, 2.45) is 5.92 Å². The highest BCUT2D eigenvalue weighted by Gasteiger charge is 2.25. The number of carbonyl (C=O) groups is 3. The SMILES string of the molecule is COC(=O)c1ccc(NC(=O)[C@@H](NC(=O)c2ccccc2F)C(C)C)cc1. The van der Waals surface area contributed by atoms with Gasteiger partial charge in [-0.3, -0.25) is 9.59 Å². The number of benzene rings is 2. The molecule has 0 radical (unpaired) electrons. The summed E-state index contributed by atoms with van der Waals surface area (Å²) in [4.78, 5) is 36.3. The molecule has 0 saturated carbocycles. The van der Waals surface area contributed by atoms with E-state index in [2.05, 4.69) is 15.4 Å². The number of carbonyl (C=O) groups excluding carboxylic acids is 3. The monoisotopic (exact) mass is 372 g/mol. The van der Waals surface area contributed by atoms with Crippen LogP contribution in [0.4, 0.5) is 10.1 Å². The fraction of sp³-hybridized carbons (Fsp3) is 0.250. The van der Waals surface area contributed by atoms with Gasteiger partial charge in [0, 0.05) is 5.69 Å². The number of hydrogen-bond donors (Lipinski definition) is 2. The summed E-state index contributed by atoms with van der Waals surface area (Å²) in [6, 6.07) is 10.8. The summed E-state index contributed by atoms with van der Waals surface area (Å²) in [5, 5.41) is 5.25. The molecular formula is C20H21FN2O4. The first-order valence-corrected chi connectivity index (χ1v) is 8.38. The maximum atomic E-state index is 13.8. The van der Waals surface area contributed by atoms with Gasteiger partial charge in [0.05, 0.1) is 18.2 Å². The predicted octanol–water partition coefficient (Wildman–Crippen LogP) is 3.01. The number of esters is 1. The van der Waals surface area contributed by atoms with E-state index in [1.165, 1.54) is 37.4 Å². The Morgan fingerprint density at radius 3 is 2.19 bits per heavy atom. The first-order valence-electron chi connectivity index (χ1n) is 8.38. The molecule has 1 atom stereocenters. The van der Waals surface area contributed by atoms with E-state index in [9.17, 15) is 18.8 Å². The van der Waals surface area contributed by atoms with E-state index in [0.29, 0.717) is 11.3 Å². The maximum Gasteiger partial charge on any atom is 0.337 e. The van der Waals surface area contributed by atoms with Crippen LogP contribution in [0.3, 0.4) is 0 Å². The molecule has 6 nitrogen and oxygen atoms in total. The molecule has 0 aliphatic rings. The molecule has 27 heavy (non-hydrogen) atoms. The van der Waals surface area contributed by atoms with Crippen LogP contribution in [-0.4, -0.2) is 30.9 Å². The molecule has 0 aliphatic heterocycles. The molecule has 2 rings (SSSR count). The molecule has 142 valence electrons. The molecule has 0 unspecified atom stereocenters. The number of halogens is 1. The average Bonchev–Trinajstić information content (AvgIpc) is 2.65. The van der Waals surface area contributed by atoms with Gasteiger partial charge in [0.1, 0.15) is 11.9 Å². The first-order chi connectivity index (χ1) is 12.8. The minimum atomic E-state index is -0.864. The molecule has 0 bridgehead atoms. The third-order valence-corrected chi connectivity index (χ3v) is 3.93. The van der Waals surface area contributed by atoms with Crippen molar-refractivity contribution >= 4 is 23.5 Å². The lowest BCUT2D eigenvalue weighted by molar-refractivity contribution is -0.118. The normalized spacial score (nSPS) is 11.6. The quantitative estimate of drug-likeness (QED) is 0.764. The van der Waals surface area contributed by atoms with E-state index in [4.69, 9.17) is 0 Å². The minimum absolute atomic E-state index is 0.126. The number of amides is 2. The molecule has 0 heterocycles. The third-order valence-electron chi connectivity index (χ3n) is 3.93. The standard InChI is InChI=1S/C20H21FN2O4/c1-12(2)17(23-18(24)15-6-4-5-7-16(15)21)19(25)22-14-10-8-13(9-11-14)20(26)27-3/h4-12,17H,1-3H3,(H,22,25)(H,23,24)/t17-/m0/s1. The van der Waals surface area contributed by atoms with E-state index < -0.39 is 29.6 Å². The second kappa shape index (κ2) is 8.93. The van der Waals surface area contributed by atoms with Crippen LogP contribution in [-0.2, 0) is 9.53 Å². The summed E-state index contributed by atoms with van der Waals surface area (Å²) >= 11 is 0. The molecule has 0 aliphatic carbocycles. The Hall–Kier alpha value is -3.22. The number of hydrogen-bond acceptors (Lipinski definition) is 4. The van der Waals surface area contributed by atoms with Crippen LogP contribution in [0, 0.1) is 11.7 Å². The van der Waals surface area contributed by atoms with Gasteiger partial charge in [-0.2, -0.15) is 0 Å². The Kier molecular flexibility index (Phi) is 6.65. The second-order valence-corrected chi connectivity index (χ2v) is 6.23. The highest BCUT2D eigenvalue weighted by molar-refractivity contribution is 6.01. The molecule has 0 aromatic heterocycles. The van der Waals surface area contributed by atoms with Crippen LogP contribution in [0.25, 0.3) is 0 Å². The molecule has 2 amide bonds. The Morgan fingerprint density at radius 1 is 1.00 bits per heavy atom. The van der Waals surface area contributed by atoms with Gasteiger partial charge in [0.15, 0.2) is 0 Å². The average molecular weight is 372 g/mol. The maximum absolute atomic E-state index is 13.8. The van der Waals surface area contributed by atoms with Crippen molar-refractivity contribution in [2.75, 3.05) is 12.4 Å². The molecule has 7 heteroatoms. The number of ether oxygens (including phenoxy) is 1. The zero-order valence-corrected chi connectivity index (χ0v) is 15.3. The molecule has 0 fully saturated rings. The molecule has 2 N–H and O–H groups in total. The van der Waals surface area contributed by atoms with Crippen molar-refractivity contribution in [1.82, 2.24) is 5.32 Å². The second-order valence-electron chi connectivity index (χ2n) is 6.23. The van der Waals surface area contributed by atoms with Gasteiger partial charge in [-0.1, -0.05) is 26.0 Å². The predicted molar refractivity (Wildman–Crippen MR) is 98.9 cm³/mol. The molecule has 2 aromatic rings. The Balaban J connectivity index is 2.10. The van der Waals surface area contributed by atoms with Gasteiger partial charge in [-0.15, -0.1) is 0 Å². The van der Waals surface area contributed by atoms with Gasteiger partial charge < -0.3 is 15.4 Å². The summed E-state index contributed by atoms with van der Waals surface area (Å²) in [6.07, 6.45) is 0. The summed E-state index contributed by atoms with van der Waals surface area (Å²) < 4.78 is 18.4. The van der Waals surface area contributed by atoms with E-state index in [0.717, 1.165) is 0 Å². The summed E-state index contributed by atoms with van der Waals surface area (Å²) in [7, 11) is 1.28. The van der Waals surface area contributed by atoms with Crippen molar-refractivity contribution in [3.63, 3.8) is 0 Å². The highest BCUT2D eigenvalue weighted by atomic mass is 19.1. The molecule has 0 saturated heterocycles. The Morgan fingerprint density at radius 2 is 1.63 bits per heavy atom. The van der Waals surface area contributed by atoms with Gasteiger partial charge in [0.2, 0.25) is 5.91 Å². The molecule has 0 spiro atoms. The Labute approximate surface area is 156 Å². The summed E-state index contributed by atoms with van der Waals surface area (Å²) in [5.74, 6) is -2.47. The van der Waals surface area contributed by atoms with Crippen LogP contribution < -0.4 is 10.6 Å². The van der Waals surface area contributed by atoms with Crippen LogP contribution in [0.1, 0.15) is 34.6 Å². The largest absolute Gasteiger partial charge is 0.465 e. The number of anilines is 1. The lowest BCUT2D eigenvalue weighted by Crippen LogP contribution is -2.47. The van der Waals surface area contributed by atoms with Crippen molar-refractivity contribution in [3.05, 3.63) is 65.5 Å². The number of rotatable bonds is 6. The van der Waals surface area contributed by atoms with Crippen molar-refractivity contribution in [3.8, 4) is 0 Å². The van der Waals surface area contributed by atoms with Crippen LogP contribution >= 0.6 is 0 Å². The highest BCUT2D eigenvalue weighted by Crippen LogP contribution is 2.14. The van der Waals surface area contributed by atoms with Crippen LogP contribution in [0.15, 0.2) is 48.5 Å². The van der Waals surface area contributed by atoms with Gasteiger partial charge >= 0.3 is 5.97 Å². The fourth-order valence-electron chi connectivity index (χ4n) is 2.43. The smallest absolute Gasteiger partial charge is 0.337 e. The molecule has 2 aromatic carbocycles. The fourth-order valence-corrected chi connectivity index (χ4v) is 2.43. The van der Waals surface area contributed by atoms with Gasteiger partial charge in [0.25, 0.3) is 5.91 Å². The van der Waals surface area contributed by atoms with E-state index in [1.807, 2.05) is 0 Å². The summed E-state index contributed by atoms with van der Waals surface area (Å²) in [6.45, 7) is 3.54. The number of methoxy groups -OCH3 is 1. The zero-order valence-electron chi connectivity index (χ0n) is 15.3. The summed E-state index contributed by atoms with van der Waals surface area (Å²) in [5.41, 5.74) is 0.681. The van der Waals surface area contributed by atoms with Gasteiger partial charge in [-0.25, -0.2) is 9.18 Å². The lowest BCUT2D eigenvalue weighted by atomic mass is 10.0.